The molecule has 0 saturated carbocycles. The van der Waals surface area contributed by atoms with Crippen LogP contribution >= 0.6 is 0 Å². The van der Waals surface area contributed by atoms with E-state index in [4.69, 9.17) is 0 Å². The number of anilines is 1. The van der Waals surface area contributed by atoms with Gasteiger partial charge in [-0.3, -0.25) is 14.9 Å². The fourth-order valence-corrected chi connectivity index (χ4v) is 2.07. The third-order valence-electron chi connectivity index (χ3n) is 2.77. The number of nitrogens with one attached hydrogen (secondary N) is 1. The summed E-state index contributed by atoms with van der Waals surface area (Å²) in [6.07, 6.45) is 0.468. The summed E-state index contributed by atoms with van der Waals surface area (Å²) in [6.45, 7) is 5.57. The van der Waals surface area contributed by atoms with Gasteiger partial charge in [-0.2, -0.15) is 5.10 Å². The second-order valence-corrected chi connectivity index (χ2v) is 4.93. The molecule has 0 fully saturated rings. The quantitative estimate of drug-likeness (QED) is 0.617. The molecular formula is C12H21N5O3. The highest BCUT2D eigenvalue weighted by atomic mass is 16.6. The van der Waals surface area contributed by atoms with Crippen LogP contribution in [0.2, 0.25) is 0 Å². The lowest BCUT2D eigenvalue weighted by Gasteiger charge is -2.18. The van der Waals surface area contributed by atoms with Gasteiger partial charge in [-0.05, 0) is 20.3 Å². The van der Waals surface area contributed by atoms with Gasteiger partial charge in [-0.1, -0.05) is 6.92 Å². The molecule has 8 nitrogen and oxygen atoms in total. The SMILES string of the molecule is CCc1nn(C)c(N(C)CC(=O)NC(C)C)c1[N+](=O)[O-]. The van der Waals surface area contributed by atoms with E-state index >= 15 is 0 Å². The van der Waals surface area contributed by atoms with E-state index in [0.717, 1.165) is 0 Å². The molecule has 0 aliphatic heterocycles. The van der Waals surface area contributed by atoms with E-state index in [2.05, 4.69) is 10.4 Å². The average molecular weight is 283 g/mol. The molecule has 1 aromatic rings. The maximum absolute atomic E-state index is 11.8. The Labute approximate surface area is 117 Å². The highest BCUT2D eigenvalue weighted by molar-refractivity contribution is 5.82. The van der Waals surface area contributed by atoms with Crippen LogP contribution in [-0.4, -0.2) is 40.2 Å². The van der Waals surface area contributed by atoms with Crippen molar-refractivity contribution in [1.29, 1.82) is 0 Å². The van der Waals surface area contributed by atoms with Crippen LogP contribution in [0.5, 0.6) is 0 Å². The molecule has 8 heteroatoms. The first-order valence-electron chi connectivity index (χ1n) is 6.48. The van der Waals surface area contributed by atoms with Crippen molar-refractivity contribution in [2.45, 2.75) is 33.2 Å². The number of nitro groups is 1. The molecule has 0 spiro atoms. The first kappa shape index (κ1) is 15.9. The number of hydrogen-bond acceptors (Lipinski definition) is 5. The summed E-state index contributed by atoms with van der Waals surface area (Å²) in [6, 6.07) is 0.0311. The molecule has 1 rings (SSSR count). The first-order chi connectivity index (χ1) is 9.27. The zero-order valence-corrected chi connectivity index (χ0v) is 12.5. The number of aryl methyl sites for hydroxylation is 2. The largest absolute Gasteiger partial charge is 0.352 e. The molecule has 0 unspecified atom stereocenters. The van der Waals surface area contributed by atoms with Crippen molar-refractivity contribution in [2.75, 3.05) is 18.5 Å². The molecule has 112 valence electrons. The van der Waals surface area contributed by atoms with E-state index in [-0.39, 0.29) is 24.2 Å². The van der Waals surface area contributed by atoms with Crippen molar-refractivity contribution in [3.8, 4) is 0 Å². The predicted octanol–water partition coefficient (Wildman–Crippen LogP) is 0.852. The van der Waals surface area contributed by atoms with Gasteiger partial charge in [0, 0.05) is 20.1 Å². The Hall–Kier alpha value is -2.12. The standard InChI is InChI=1S/C12H21N5O3/c1-6-9-11(17(19)20)12(16(5)14-9)15(4)7-10(18)13-8(2)3/h8H,6-7H2,1-5H3,(H,13,18). The van der Waals surface area contributed by atoms with Gasteiger partial charge in [0.25, 0.3) is 0 Å². The number of nitrogens with zero attached hydrogens (tertiary/aromatic N) is 4. The smallest absolute Gasteiger partial charge is 0.334 e. The van der Waals surface area contributed by atoms with Gasteiger partial charge in [-0.15, -0.1) is 0 Å². The minimum absolute atomic E-state index is 0.0311. The summed E-state index contributed by atoms with van der Waals surface area (Å²) < 4.78 is 1.44. The van der Waals surface area contributed by atoms with Gasteiger partial charge < -0.3 is 10.2 Å². The summed E-state index contributed by atoms with van der Waals surface area (Å²) in [5.74, 6) is 0.154. The number of carbonyl (C=O) groups excluding carboxylic acids is 1. The Morgan fingerprint density at radius 3 is 2.60 bits per heavy atom. The van der Waals surface area contributed by atoms with Gasteiger partial charge in [0.15, 0.2) is 0 Å². The molecule has 0 radical (unpaired) electrons. The van der Waals surface area contributed by atoms with Gasteiger partial charge in [0.05, 0.1) is 11.5 Å². The van der Waals surface area contributed by atoms with Crippen LogP contribution in [-0.2, 0) is 18.3 Å². The zero-order valence-electron chi connectivity index (χ0n) is 12.5. The normalized spacial score (nSPS) is 10.7. The van der Waals surface area contributed by atoms with Crippen molar-refractivity contribution < 1.29 is 9.72 Å². The van der Waals surface area contributed by atoms with Crippen molar-refractivity contribution in [3.05, 3.63) is 15.8 Å². The molecular weight excluding hydrogens is 262 g/mol. The fraction of sp³-hybridized carbons (Fsp3) is 0.667. The summed E-state index contributed by atoms with van der Waals surface area (Å²) in [4.78, 5) is 24.1. The van der Waals surface area contributed by atoms with Crippen molar-refractivity contribution in [1.82, 2.24) is 15.1 Å². The molecule has 0 aliphatic rings. The molecule has 20 heavy (non-hydrogen) atoms. The fourth-order valence-electron chi connectivity index (χ4n) is 2.07. The zero-order chi connectivity index (χ0) is 15.4. The number of rotatable bonds is 6. The van der Waals surface area contributed by atoms with Gasteiger partial charge in [-0.25, -0.2) is 4.68 Å². The van der Waals surface area contributed by atoms with E-state index in [1.54, 1.807) is 19.0 Å². The lowest BCUT2D eigenvalue weighted by Crippen LogP contribution is -2.39. The van der Waals surface area contributed by atoms with Gasteiger partial charge in [0.2, 0.25) is 11.7 Å². The maximum atomic E-state index is 11.8. The Morgan fingerprint density at radius 1 is 1.55 bits per heavy atom. The van der Waals surface area contributed by atoms with Crippen LogP contribution < -0.4 is 10.2 Å². The summed E-state index contributed by atoms with van der Waals surface area (Å²) in [5.41, 5.74) is 0.387. The van der Waals surface area contributed by atoms with Crippen LogP contribution in [0.3, 0.4) is 0 Å². The van der Waals surface area contributed by atoms with E-state index in [9.17, 15) is 14.9 Å². The van der Waals surface area contributed by atoms with Crippen LogP contribution in [0, 0.1) is 10.1 Å². The lowest BCUT2D eigenvalue weighted by molar-refractivity contribution is -0.384. The molecule has 0 saturated heterocycles. The van der Waals surface area contributed by atoms with Crippen LogP contribution in [0.25, 0.3) is 0 Å². The third-order valence-corrected chi connectivity index (χ3v) is 2.77. The second-order valence-electron chi connectivity index (χ2n) is 4.93. The molecule has 1 heterocycles. The molecule has 0 atom stereocenters. The third kappa shape index (κ3) is 3.46. The number of amides is 1. The molecule has 0 aromatic carbocycles. The predicted molar refractivity (Wildman–Crippen MR) is 75.8 cm³/mol. The Morgan fingerprint density at radius 2 is 2.15 bits per heavy atom. The van der Waals surface area contributed by atoms with Crippen molar-refractivity contribution >= 4 is 17.4 Å². The molecule has 1 aromatic heterocycles. The summed E-state index contributed by atoms with van der Waals surface area (Å²) in [5, 5.41) is 18.1. The Balaban J connectivity index is 3.03. The Kier molecular flexibility index (Phi) is 5.06. The first-order valence-corrected chi connectivity index (χ1v) is 6.48. The van der Waals surface area contributed by atoms with E-state index in [1.165, 1.54) is 4.68 Å². The lowest BCUT2D eigenvalue weighted by atomic mass is 10.3. The Bertz CT molecular complexity index is 509. The topological polar surface area (TPSA) is 93.3 Å². The molecule has 0 aliphatic carbocycles. The van der Waals surface area contributed by atoms with E-state index in [0.29, 0.717) is 17.9 Å². The number of likely N-dealkylation sites (N-methyl/N-ethyl adjacent to an activating group) is 1. The minimum atomic E-state index is -0.446. The van der Waals surface area contributed by atoms with Crippen molar-refractivity contribution in [2.24, 2.45) is 7.05 Å². The highest BCUT2D eigenvalue weighted by Gasteiger charge is 2.28. The van der Waals surface area contributed by atoms with Crippen LogP contribution in [0.1, 0.15) is 26.5 Å². The molecule has 1 amide bonds. The monoisotopic (exact) mass is 283 g/mol. The minimum Gasteiger partial charge on any atom is -0.352 e. The average Bonchev–Trinajstić information content (AvgIpc) is 2.64. The number of hydrogen-bond donors (Lipinski definition) is 1. The van der Waals surface area contributed by atoms with Gasteiger partial charge >= 0.3 is 5.69 Å². The molecule has 1 N–H and O–H groups in total. The highest BCUT2D eigenvalue weighted by Crippen LogP contribution is 2.30. The number of carbonyl (C=O) groups is 1. The summed E-state index contributed by atoms with van der Waals surface area (Å²) >= 11 is 0. The molecule has 0 bridgehead atoms. The van der Waals surface area contributed by atoms with Gasteiger partial charge in [0.1, 0.15) is 5.69 Å². The maximum Gasteiger partial charge on any atom is 0.334 e. The number of aromatic nitrogens is 2. The second kappa shape index (κ2) is 6.36. The van der Waals surface area contributed by atoms with Crippen LogP contribution in [0.15, 0.2) is 0 Å². The van der Waals surface area contributed by atoms with Crippen molar-refractivity contribution in [3.63, 3.8) is 0 Å². The van der Waals surface area contributed by atoms with E-state index in [1.807, 2.05) is 20.8 Å². The van der Waals surface area contributed by atoms with E-state index < -0.39 is 4.92 Å². The van der Waals surface area contributed by atoms with Crippen LogP contribution in [0.4, 0.5) is 11.5 Å². The summed E-state index contributed by atoms with van der Waals surface area (Å²) in [7, 11) is 3.28.